The largest absolute Gasteiger partial charge is 0.489 e. The van der Waals surface area contributed by atoms with Crippen LogP contribution in [0.2, 0.25) is 0 Å². The highest BCUT2D eigenvalue weighted by atomic mass is 16.5. The summed E-state index contributed by atoms with van der Waals surface area (Å²) in [5, 5.41) is 8.99. The molecule has 1 aromatic carbocycles. The Morgan fingerprint density at radius 1 is 1.24 bits per heavy atom. The predicted molar refractivity (Wildman–Crippen MR) is 116 cm³/mol. The number of aryl methyl sites for hydroxylation is 1. The van der Waals surface area contributed by atoms with E-state index in [2.05, 4.69) is 71.6 Å². The minimum Gasteiger partial charge on any atom is -0.489 e. The van der Waals surface area contributed by atoms with Crippen LogP contribution in [0.5, 0.6) is 5.75 Å². The zero-order chi connectivity index (χ0) is 20.0. The number of nitrogens with one attached hydrogen (secondary N) is 2. The lowest BCUT2D eigenvalue weighted by molar-refractivity contribution is 0.167. The van der Waals surface area contributed by atoms with Gasteiger partial charge in [-0.1, -0.05) is 13.8 Å². The van der Waals surface area contributed by atoms with E-state index < -0.39 is 0 Å². The van der Waals surface area contributed by atoms with E-state index in [0.29, 0.717) is 5.92 Å². The first kappa shape index (κ1) is 18.2. The molecule has 2 N–H and O–H groups in total. The number of rotatable bonds is 4. The number of pyridine rings is 1. The molecule has 1 fully saturated rings. The molecule has 1 unspecified atom stereocenters. The Labute approximate surface area is 170 Å². The average Bonchev–Trinajstić information content (AvgIpc) is 3.33. The number of fused-ring (bicyclic) bond motifs is 2. The predicted octanol–water partition coefficient (Wildman–Crippen LogP) is 4.44. The van der Waals surface area contributed by atoms with Crippen LogP contribution in [0.25, 0.3) is 27.8 Å². The molecule has 1 saturated heterocycles. The van der Waals surface area contributed by atoms with E-state index in [1.807, 2.05) is 4.52 Å². The molecule has 4 aromatic rings. The van der Waals surface area contributed by atoms with E-state index in [1.165, 1.54) is 17.4 Å². The molecule has 3 aromatic heterocycles. The van der Waals surface area contributed by atoms with Crippen LogP contribution in [0.4, 0.5) is 0 Å². The van der Waals surface area contributed by atoms with Gasteiger partial charge in [0.15, 0.2) is 5.65 Å². The first-order chi connectivity index (χ1) is 14.1. The van der Waals surface area contributed by atoms with Crippen LogP contribution in [0.3, 0.4) is 0 Å². The Morgan fingerprint density at radius 2 is 2.14 bits per heavy atom. The Bertz CT molecular complexity index is 1170. The fraction of sp³-hybridized carbons (Fsp3) is 0.391. The van der Waals surface area contributed by atoms with E-state index in [-0.39, 0.29) is 6.10 Å². The van der Waals surface area contributed by atoms with Crippen molar-refractivity contribution in [3.8, 4) is 17.0 Å². The summed E-state index contributed by atoms with van der Waals surface area (Å²) in [4.78, 5) is 7.99. The van der Waals surface area contributed by atoms with Gasteiger partial charge in [-0.25, -0.2) is 9.50 Å². The number of aromatic amines is 1. The molecule has 1 aliphatic rings. The number of hydrogen-bond donors (Lipinski definition) is 2. The lowest BCUT2D eigenvalue weighted by Gasteiger charge is -2.24. The molecule has 0 radical (unpaired) electrons. The number of benzene rings is 1. The number of ether oxygens (including phenoxy) is 1. The molecule has 0 bridgehead atoms. The number of nitrogens with zero attached hydrogens (tertiary/aromatic N) is 3. The third kappa shape index (κ3) is 3.27. The summed E-state index contributed by atoms with van der Waals surface area (Å²) in [6.07, 6.45) is 6.18. The third-order valence-corrected chi connectivity index (χ3v) is 5.79. The van der Waals surface area contributed by atoms with E-state index in [0.717, 1.165) is 53.2 Å². The molecule has 1 atom stereocenters. The molecule has 0 saturated carbocycles. The first-order valence-corrected chi connectivity index (χ1v) is 10.4. The molecule has 0 spiro atoms. The van der Waals surface area contributed by atoms with Crippen molar-refractivity contribution in [3.05, 3.63) is 47.9 Å². The van der Waals surface area contributed by atoms with Gasteiger partial charge >= 0.3 is 0 Å². The summed E-state index contributed by atoms with van der Waals surface area (Å²) >= 11 is 0. The third-order valence-electron chi connectivity index (χ3n) is 5.79. The topological polar surface area (TPSA) is 67.2 Å². The minimum absolute atomic E-state index is 0.250. The van der Waals surface area contributed by atoms with E-state index in [1.54, 1.807) is 6.33 Å². The molecule has 150 valence electrons. The SMILES string of the molecule is Cc1cc(-c2[nH]c3ccc(OC4CCCNC4)cc3c2C(C)C)cn2ncnc12. The van der Waals surface area contributed by atoms with Crippen molar-refractivity contribution < 1.29 is 4.74 Å². The smallest absolute Gasteiger partial charge is 0.158 e. The molecule has 0 aliphatic carbocycles. The van der Waals surface area contributed by atoms with Gasteiger partial charge in [0.05, 0.1) is 5.69 Å². The Morgan fingerprint density at radius 3 is 2.93 bits per heavy atom. The van der Waals surface area contributed by atoms with Gasteiger partial charge in [-0.15, -0.1) is 0 Å². The van der Waals surface area contributed by atoms with Crippen molar-refractivity contribution in [1.29, 1.82) is 0 Å². The van der Waals surface area contributed by atoms with Crippen LogP contribution in [0, 0.1) is 6.92 Å². The Kier molecular flexibility index (Phi) is 4.51. The lowest BCUT2D eigenvalue weighted by atomic mass is 9.96. The van der Waals surface area contributed by atoms with E-state index in [4.69, 9.17) is 4.74 Å². The first-order valence-electron chi connectivity index (χ1n) is 10.4. The summed E-state index contributed by atoms with van der Waals surface area (Å²) in [5.41, 5.74) is 6.72. The van der Waals surface area contributed by atoms with Gasteiger partial charge in [0.25, 0.3) is 0 Å². The van der Waals surface area contributed by atoms with Crippen LogP contribution in [-0.4, -0.2) is 38.8 Å². The van der Waals surface area contributed by atoms with Crippen molar-refractivity contribution >= 4 is 16.6 Å². The zero-order valence-corrected chi connectivity index (χ0v) is 17.2. The molecule has 4 heterocycles. The van der Waals surface area contributed by atoms with Crippen molar-refractivity contribution in [3.63, 3.8) is 0 Å². The van der Waals surface area contributed by atoms with E-state index >= 15 is 0 Å². The van der Waals surface area contributed by atoms with Crippen LogP contribution >= 0.6 is 0 Å². The zero-order valence-electron chi connectivity index (χ0n) is 17.2. The second-order valence-corrected chi connectivity index (χ2v) is 8.30. The van der Waals surface area contributed by atoms with Crippen LogP contribution in [0.15, 0.2) is 36.8 Å². The normalized spacial score (nSPS) is 17.4. The van der Waals surface area contributed by atoms with Crippen LogP contribution in [0.1, 0.15) is 43.7 Å². The molecule has 29 heavy (non-hydrogen) atoms. The molecular formula is C23H27N5O. The second-order valence-electron chi connectivity index (χ2n) is 8.30. The maximum atomic E-state index is 6.28. The number of hydrogen-bond acceptors (Lipinski definition) is 4. The Hall–Kier alpha value is -2.86. The van der Waals surface area contributed by atoms with Crippen molar-refractivity contribution in [2.45, 2.75) is 45.6 Å². The van der Waals surface area contributed by atoms with Gasteiger partial charge in [-0.05, 0) is 67.6 Å². The van der Waals surface area contributed by atoms with Gasteiger partial charge in [0.2, 0.25) is 0 Å². The standard InChI is InChI=1S/C23H27N5O/c1-14(2)21-19-10-17(29-18-5-4-8-24-11-18)6-7-20(19)27-22(21)16-9-15(3)23-25-13-26-28(23)12-16/h6-7,9-10,12-14,18,24,27H,4-5,8,11H2,1-3H3. The van der Waals surface area contributed by atoms with Crippen LogP contribution < -0.4 is 10.1 Å². The second kappa shape index (κ2) is 7.19. The highest BCUT2D eigenvalue weighted by Crippen LogP contribution is 2.37. The summed E-state index contributed by atoms with van der Waals surface area (Å²) in [7, 11) is 0. The van der Waals surface area contributed by atoms with Gasteiger partial charge in [-0.2, -0.15) is 5.10 Å². The van der Waals surface area contributed by atoms with Crippen molar-refractivity contribution in [2.75, 3.05) is 13.1 Å². The fourth-order valence-corrected chi connectivity index (χ4v) is 4.44. The van der Waals surface area contributed by atoms with Crippen LogP contribution in [-0.2, 0) is 0 Å². The minimum atomic E-state index is 0.250. The van der Waals surface area contributed by atoms with Gasteiger partial charge in [0, 0.05) is 29.2 Å². The summed E-state index contributed by atoms with van der Waals surface area (Å²) in [6, 6.07) is 8.59. The van der Waals surface area contributed by atoms with Gasteiger partial charge in [-0.3, -0.25) is 0 Å². The highest BCUT2D eigenvalue weighted by molar-refractivity contribution is 5.92. The molecule has 6 nitrogen and oxygen atoms in total. The Balaban J connectivity index is 1.60. The number of piperidine rings is 1. The summed E-state index contributed by atoms with van der Waals surface area (Å²) in [5.74, 6) is 1.32. The molecule has 6 heteroatoms. The van der Waals surface area contributed by atoms with Gasteiger partial charge < -0.3 is 15.0 Å². The van der Waals surface area contributed by atoms with E-state index in [9.17, 15) is 0 Å². The molecule has 0 amide bonds. The van der Waals surface area contributed by atoms with Crippen molar-refractivity contribution in [1.82, 2.24) is 24.9 Å². The molecular weight excluding hydrogens is 362 g/mol. The van der Waals surface area contributed by atoms with Crippen molar-refractivity contribution in [2.24, 2.45) is 0 Å². The fourth-order valence-electron chi connectivity index (χ4n) is 4.44. The number of H-pyrrole nitrogens is 1. The maximum absolute atomic E-state index is 6.28. The average molecular weight is 390 g/mol. The van der Waals surface area contributed by atoms with Gasteiger partial charge in [0.1, 0.15) is 18.2 Å². The molecule has 5 rings (SSSR count). The monoisotopic (exact) mass is 389 g/mol. The quantitative estimate of drug-likeness (QED) is 0.541. The summed E-state index contributed by atoms with van der Waals surface area (Å²) < 4.78 is 8.13. The lowest BCUT2D eigenvalue weighted by Crippen LogP contribution is -2.37. The maximum Gasteiger partial charge on any atom is 0.158 e. The highest BCUT2D eigenvalue weighted by Gasteiger charge is 2.19. The summed E-state index contributed by atoms with van der Waals surface area (Å²) in [6.45, 7) is 8.57. The molecule has 1 aliphatic heterocycles. The number of aromatic nitrogens is 4.